The molecule has 4 nitrogen and oxygen atoms in total. The van der Waals surface area contributed by atoms with Crippen LogP contribution in [0.3, 0.4) is 0 Å². The van der Waals surface area contributed by atoms with E-state index in [1.54, 1.807) is 0 Å². The summed E-state index contributed by atoms with van der Waals surface area (Å²) in [4.78, 5) is 14.3. The molecule has 1 aliphatic rings. The lowest BCUT2D eigenvalue weighted by Gasteiger charge is -2.34. The zero-order chi connectivity index (χ0) is 12.4. The Morgan fingerprint density at radius 2 is 2.06 bits per heavy atom. The highest BCUT2D eigenvalue weighted by molar-refractivity contribution is 5.96. The van der Waals surface area contributed by atoms with Crippen molar-refractivity contribution < 1.29 is 9.53 Å². The van der Waals surface area contributed by atoms with E-state index in [0.717, 1.165) is 18.8 Å². The first kappa shape index (κ1) is 12.3. The van der Waals surface area contributed by atoms with Crippen LogP contribution in [0.25, 0.3) is 0 Å². The predicted molar refractivity (Wildman–Crippen MR) is 66.2 cm³/mol. The topological polar surface area (TPSA) is 34.5 Å². The van der Waals surface area contributed by atoms with E-state index < -0.39 is 0 Å². The van der Waals surface area contributed by atoms with Gasteiger partial charge in [0.15, 0.2) is 5.78 Å². The fraction of sp³-hybridized carbons (Fsp3) is 0.615. The lowest BCUT2D eigenvalue weighted by Crippen LogP contribution is -2.47. The Hall–Kier alpha value is -1.13. The van der Waals surface area contributed by atoms with Crippen LogP contribution in [-0.4, -0.2) is 47.1 Å². The Morgan fingerprint density at radius 1 is 1.41 bits per heavy atom. The van der Waals surface area contributed by atoms with E-state index in [2.05, 4.69) is 18.7 Å². The Morgan fingerprint density at radius 3 is 2.59 bits per heavy atom. The predicted octanol–water partition coefficient (Wildman–Crippen LogP) is 1.32. The third-order valence-corrected chi connectivity index (χ3v) is 3.09. The van der Waals surface area contributed by atoms with Crippen LogP contribution in [0.5, 0.6) is 0 Å². The maximum atomic E-state index is 12.1. The van der Waals surface area contributed by atoms with Crippen molar-refractivity contribution in [3.8, 4) is 0 Å². The van der Waals surface area contributed by atoms with Gasteiger partial charge in [-0.15, -0.1) is 0 Å². The molecule has 0 saturated carbocycles. The minimum atomic E-state index is 0.179. The molecule has 94 valence electrons. The molecule has 1 saturated heterocycles. The number of carbonyl (C=O) groups is 1. The van der Waals surface area contributed by atoms with Gasteiger partial charge in [0.25, 0.3) is 0 Å². The molecule has 1 fully saturated rings. The van der Waals surface area contributed by atoms with Gasteiger partial charge in [-0.2, -0.15) is 0 Å². The van der Waals surface area contributed by atoms with Gasteiger partial charge in [0.2, 0.25) is 0 Å². The van der Waals surface area contributed by atoms with Gasteiger partial charge in [0, 0.05) is 26.3 Å². The van der Waals surface area contributed by atoms with Crippen molar-refractivity contribution in [2.45, 2.75) is 26.1 Å². The van der Waals surface area contributed by atoms with Crippen molar-refractivity contribution in [1.82, 2.24) is 9.47 Å². The average Bonchev–Trinajstić information content (AvgIpc) is 2.62. The summed E-state index contributed by atoms with van der Waals surface area (Å²) in [6.45, 7) is 6.25. The molecule has 0 N–H and O–H groups in total. The van der Waals surface area contributed by atoms with E-state index in [1.165, 1.54) is 0 Å². The second-order valence-electron chi connectivity index (χ2n) is 4.88. The van der Waals surface area contributed by atoms with Crippen molar-refractivity contribution in [2.75, 3.05) is 19.6 Å². The van der Waals surface area contributed by atoms with Crippen LogP contribution in [0.15, 0.2) is 18.3 Å². The smallest absolute Gasteiger partial charge is 0.193 e. The Labute approximate surface area is 102 Å². The highest BCUT2D eigenvalue weighted by atomic mass is 16.5. The number of morpholine rings is 1. The van der Waals surface area contributed by atoms with Crippen molar-refractivity contribution in [2.24, 2.45) is 7.05 Å². The summed E-state index contributed by atoms with van der Waals surface area (Å²) in [5.41, 5.74) is 0.775. The molecular formula is C13H20N2O2. The summed E-state index contributed by atoms with van der Waals surface area (Å²) < 4.78 is 7.52. The van der Waals surface area contributed by atoms with Gasteiger partial charge in [-0.25, -0.2) is 0 Å². The molecule has 0 spiro atoms. The zero-order valence-corrected chi connectivity index (χ0v) is 10.7. The van der Waals surface area contributed by atoms with Crippen LogP contribution in [0.2, 0.25) is 0 Å². The highest BCUT2D eigenvalue weighted by Gasteiger charge is 2.24. The molecule has 0 aromatic carbocycles. The van der Waals surface area contributed by atoms with Gasteiger partial charge in [0.1, 0.15) is 0 Å². The number of carbonyl (C=O) groups excluding carboxylic acids is 1. The van der Waals surface area contributed by atoms with E-state index in [0.29, 0.717) is 6.54 Å². The number of ketones is 1. The molecule has 1 aromatic rings. The fourth-order valence-corrected chi connectivity index (χ4v) is 2.45. The first-order valence-corrected chi connectivity index (χ1v) is 6.08. The van der Waals surface area contributed by atoms with Crippen molar-refractivity contribution in [3.63, 3.8) is 0 Å². The maximum Gasteiger partial charge on any atom is 0.193 e. The fourth-order valence-electron chi connectivity index (χ4n) is 2.45. The van der Waals surface area contributed by atoms with Crippen molar-refractivity contribution >= 4 is 5.78 Å². The first-order chi connectivity index (χ1) is 8.06. The average molecular weight is 236 g/mol. The molecule has 0 bridgehead atoms. The number of Topliss-reactive ketones (excluding diaryl/α,β-unsaturated/α-hetero) is 1. The van der Waals surface area contributed by atoms with E-state index in [1.807, 2.05) is 29.9 Å². The monoisotopic (exact) mass is 236 g/mol. The van der Waals surface area contributed by atoms with Gasteiger partial charge in [-0.3, -0.25) is 9.69 Å². The van der Waals surface area contributed by atoms with Gasteiger partial charge >= 0.3 is 0 Å². The molecule has 0 aliphatic carbocycles. The SMILES string of the molecule is C[C@@H]1CN(CC(=O)c2cccn2C)C[C@H](C)O1. The summed E-state index contributed by atoms with van der Waals surface area (Å²) in [5.74, 6) is 0.179. The van der Waals surface area contributed by atoms with Crippen LogP contribution in [-0.2, 0) is 11.8 Å². The molecule has 0 amide bonds. The molecule has 2 atom stereocenters. The Balaban J connectivity index is 1.97. The molecule has 17 heavy (non-hydrogen) atoms. The van der Waals surface area contributed by atoms with E-state index in [4.69, 9.17) is 4.74 Å². The molecule has 1 aromatic heterocycles. The number of rotatable bonds is 3. The lowest BCUT2D eigenvalue weighted by molar-refractivity contribution is -0.0652. The standard InChI is InChI=1S/C13H20N2O2/c1-10-7-15(8-11(2)17-10)9-13(16)12-5-4-6-14(12)3/h4-6,10-11H,7-9H2,1-3H3/t10-,11+. The summed E-state index contributed by atoms with van der Waals surface area (Å²) in [6, 6.07) is 3.77. The molecule has 0 radical (unpaired) electrons. The van der Waals surface area contributed by atoms with Crippen LogP contribution in [0.1, 0.15) is 24.3 Å². The largest absolute Gasteiger partial charge is 0.373 e. The third kappa shape index (κ3) is 2.96. The van der Waals surface area contributed by atoms with Crippen LogP contribution >= 0.6 is 0 Å². The summed E-state index contributed by atoms with van der Waals surface area (Å²) >= 11 is 0. The first-order valence-electron chi connectivity index (χ1n) is 6.08. The molecular weight excluding hydrogens is 216 g/mol. The van der Waals surface area contributed by atoms with E-state index in [9.17, 15) is 4.79 Å². The third-order valence-electron chi connectivity index (χ3n) is 3.09. The summed E-state index contributed by atoms with van der Waals surface area (Å²) in [7, 11) is 1.90. The van der Waals surface area contributed by atoms with E-state index >= 15 is 0 Å². The highest BCUT2D eigenvalue weighted by Crippen LogP contribution is 2.11. The van der Waals surface area contributed by atoms with Gasteiger partial charge < -0.3 is 9.30 Å². The Bertz CT molecular complexity index is 390. The maximum absolute atomic E-state index is 12.1. The molecule has 1 aliphatic heterocycles. The zero-order valence-electron chi connectivity index (χ0n) is 10.7. The number of ether oxygens (including phenoxy) is 1. The van der Waals surface area contributed by atoms with Gasteiger partial charge in [-0.05, 0) is 26.0 Å². The second-order valence-corrected chi connectivity index (χ2v) is 4.88. The van der Waals surface area contributed by atoms with Crippen molar-refractivity contribution in [1.29, 1.82) is 0 Å². The number of aryl methyl sites for hydroxylation is 1. The number of hydrogen-bond acceptors (Lipinski definition) is 3. The van der Waals surface area contributed by atoms with Crippen LogP contribution in [0.4, 0.5) is 0 Å². The minimum Gasteiger partial charge on any atom is -0.373 e. The molecule has 2 rings (SSSR count). The second kappa shape index (κ2) is 5.02. The van der Waals surface area contributed by atoms with Crippen molar-refractivity contribution in [3.05, 3.63) is 24.0 Å². The molecule has 4 heteroatoms. The van der Waals surface area contributed by atoms with Crippen LogP contribution < -0.4 is 0 Å². The van der Waals surface area contributed by atoms with E-state index in [-0.39, 0.29) is 18.0 Å². The minimum absolute atomic E-state index is 0.179. The normalized spacial score (nSPS) is 26.1. The van der Waals surface area contributed by atoms with Gasteiger partial charge in [0.05, 0.1) is 24.4 Å². The summed E-state index contributed by atoms with van der Waals surface area (Å²) in [5, 5.41) is 0. The summed E-state index contributed by atoms with van der Waals surface area (Å²) in [6.07, 6.45) is 2.32. The lowest BCUT2D eigenvalue weighted by atomic mass is 10.2. The number of nitrogens with zero attached hydrogens (tertiary/aromatic N) is 2. The van der Waals surface area contributed by atoms with Crippen LogP contribution in [0, 0.1) is 0 Å². The molecule has 0 unspecified atom stereocenters. The number of aromatic nitrogens is 1. The molecule has 2 heterocycles. The van der Waals surface area contributed by atoms with Gasteiger partial charge in [-0.1, -0.05) is 0 Å². The number of hydrogen-bond donors (Lipinski definition) is 0. The Kier molecular flexibility index (Phi) is 3.64. The quantitative estimate of drug-likeness (QED) is 0.742.